The topological polar surface area (TPSA) is 54.4 Å². The molecule has 15 heavy (non-hydrogen) atoms. The van der Waals surface area contributed by atoms with Crippen LogP contribution in [0.5, 0.6) is 0 Å². The zero-order chi connectivity index (χ0) is 11.3. The van der Waals surface area contributed by atoms with E-state index >= 15 is 0 Å². The number of rotatable bonds is 2. The second-order valence-electron chi connectivity index (χ2n) is 3.87. The number of benzene rings is 1. The molecule has 2 rings (SSSR count). The van der Waals surface area contributed by atoms with Crippen LogP contribution in [0.1, 0.15) is 11.6 Å². The molecule has 4 nitrogen and oxygen atoms in total. The standard InChI is InChI=1S/C9H10ClNO3S/c1-11(15(12,13)14)6-9(11)7-2-4-8(10)5-3-7/h2-5,9H,6H2,1H3/p+1. The molecule has 1 aromatic carbocycles. The lowest BCUT2D eigenvalue weighted by molar-refractivity contribution is -0.661. The van der Waals surface area contributed by atoms with Gasteiger partial charge in [-0.15, -0.1) is 8.42 Å². The summed E-state index contributed by atoms with van der Waals surface area (Å²) in [5, 5.41) is 0.612. The first kappa shape index (κ1) is 10.9. The van der Waals surface area contributed by atoms with Crippen molar-refractivity contribution in [3.63, 3.8) is 0 Å². The van der Waals surface area contributed by atoms with E-state index in [0.717, 1.165) is 5.56 Å². The van der Waals surface area contributed by atoms with Gasteiger partial charge in [0.25, 0.3) is 0 Å². The van der Waals surface area contributed by atoms with E-state index in [4.69, 9.17) is 16.2 Å². The van der Waals surface area contributed by atoms with Crippen molar-refractivity contribution in [3.05, 3.63) is 34.9 Å². The molecule has 6 heteroatoms. The van der Waals surface area contributed by atoms with Crippen molar-refractivity contribution in [1.82, 2.24) is 0 Å². The van der Waals surface area contributed by atoms with E-state index in [1.165, 1.54) is 7.05 Å². The van der Waals surface area contributed by atoms with Gasteiger partial charge in [0.2, 0.25) is 0 Å². The zero-order valence-electron chi connectivity index (χ0n) is 8.09. The van der Waals surface area contributed by atoms with Crippen LogP contribution in [0.4, 0.5) is 0 Å². The van der Waals surface area contributed by atoms with Gasteiger partial charge in [0.05, 0.1) is 7.05 Å². The lowest BCUT2D eigenvalue weighted by Gasteiger charge is -2.08. The molecular weight excluding hydrogens is 238 g/mol. The van der Waals surface area contributed by atoms with Gasteiger partial charge in [0, 0.05) is 10.6 Å². The monoisotopic (exact) mass is 248 g/mol. The summed E-state index contributed by atoms with van der Waals surface area (Å²) >= 11 is 5.73. The highest BCUT2D eigenvalue weighted by Crippen LogP contribution is 2.45. The van der Waals surface area contributed by atoms with Crippen molar-refractivity contribution in [2.45, 2.75) is 6.04 Å². The molecule has 1 saturated heterocycles. The van der Waals surface area contributed by atoms with E-state index in [1.807, 2.05) is 0 Å². The number of likely N-dealkylation sites (N-methyl/N-ethyl adjacent to an activating group) is 1. The van der Waals surface area contributed by atoms with Crippen LogP contribution in [-0.4, -0.2) is 30.5 Å². The maximum atomic E-state index is 11.1. The third-order valence-electron chi connectivity index (χ3n) is 2.84. The minimum Gasteiger partial charge on any atom is -0.241 e. The number of halogens is 1. The molecule has 1 heterocycles. The number of hydrogen-bond acceptors (Lipinski definition) is 2. The minimum absolute atomic E-state index is 0.183. The Morgan fingerprint density at radius 3 is 2.33 bits per heavy atom. The van der Waals surface area contributed by atoms with Gasteiger partial charge in [-0.05, 0) is 12.1 Å². The quantitative estimate of drug-likeness (QED) is 0.492. The van der Waals surface area contributed by atoms with E-state index in [1.54, 1.807) is 24.3 Å². The van der Waals surface area contributed by atoms with Gasteiger partial charge in [-0.3, -0.25) is 0 Å². The van der Waals surface area contributed by atoms with Crippen molar-refractivity contribution >= 4 is 21.9 Å². The highest BCUT2D eigenvalue weighted by atomic mass is 35.5. The van der Waals surface area contributed by atoms with Crippen LogP contribution in [0.3, 0.4) is 0 Å². The average molecular weight is 249 g/mol. The molecule has 0 amide bonds. The Bertz CT molecular complexity index is 485. The molecule has 1 N–H and O–H groups in total. The van der Waals surface area contributed by atoms with Crippen LogP contribution in [-0.2, 0) is 10.3 Å². The molecule has 1 aromatic rings. The summed E-state index contributed by atoms with van der Waals surface area (Å²) < 4.78 is 30.8. The third kappa shape index (κ3) is 1.76. The molecule has 1 aliphatic rings. The van der Waals surface area contributed by atoms with Gasteiger partial charge in [0.15, 0.2) is 12.6 Å². The molecule has 1 fully saturated rings. The fraction of sp³-hybridized carbons (Fsp3) is 0.333. The molecule has 1 aliphatic heterocycles. The van der Waals surface area contributed by atoms with E-state index in [-0.39, 0.29) is 9.93 Å². The average Bonchev–Trinajstić information content (AvgIpc) is 2.80. The zero-order valence-corrected chi connectivity index (χ0v) is 9.66. The van der Waals surface area contributed by atoms with Crippen molar-refractivity contribution in [2.24, 2.45) is 0 Å². The predicted octanol–water partition coefficient (Wildman–Crippen LogP) is 1.64. The van der Waals surface area contributed by atoms with E-state index in [9.17, 15) is 8.42 Å². The molecule has 0 aromatic heterocycles. The lowest BCUT2D eigenvalue weighted by atomic mass is 10.2. The normalized spacial score (nSPS) is 30.2. The lowest BCUT2D eigenvalue weighted by Crippen LogP contribution is -2.28. The highest BCUT2D eigenvalue weighted by molar-refractivity contribution is 7.80. The van der Waals surface area contributed by atoms with Crippen LogP contribution in [0.15, 0.2) is 24.3 Å². The Morgan fingerprint density at radius 2 is 1.93 bits per heavy atom. The molecule has 0 bridgehead atoms. The maximum absolute atomic E-state index is 11.1. The smallest absolute Gasteiger partial charge is 0.241 e. The Kier molecular flexibility index (Phi) is 2.31. The Labute approximate surface area is 93.6 Å². The Hall–Kier alpha value is -0.620. The minimum atomic E-state index is -4.03. The van der Waals surface area contributed by atoms with Gasteiger partial charge in [0.1, 0.15) is 0 Å². The van der Waals surface area contributed by atoms with Crippen molar-refractivity contribution in [3.8, 4) is 0 Å². The summed E-state index contributed by atoms with van der Waals surface area (Å²) in [5.74, 6) is 0. The van der Waals surface area contributed by atoms with Gasteiger partial charge in [-0.25, -0.2) is 4.55 Å². The van der Waals surface area contributed by atoms with Crippen LogP contribution in [0.2, 0.25) is 5.02 Å². The van der Waals surface area contributed by atoms with E-state index in [0.29, 0.717) is 11.6 Å². The molecule has 2 atom stereocenters. The first-order valence-corrected chi connectivity index (χ1v) is 6.20. The molecule has 0 saturated carbocycles. The van der Waals surface area contributed by atoms with Crippen molar-refractivity contribution in [1.29, 1.82) is 0 Å². The second-order valence-corrected chi connectivity index (χ2v) is 6.04. The van der Waals surface area contributed by atoms with Crippen LogP contribution in [0.25, 0.3) is 0 Å². The fourth-order valence-electron chi connectivity index (χ4n) is 1.66. The highest BCUT2D eigenvalue weighted by Gasteiger charge is 2.61. The van der Waals surface area contributed by atoms with Gasteiger partial charge >= 0.3 is 10.3 Å². The number of hydrogen-bond donors (Lipinski definition) is 1. The maximum Gasteiger partial charge on any atom is 0.433 e. The van der Waals surface area contributed by atoms with Crippen LogP contribution >= 0.6 is 11.6 Å². The molecular formula is C9H11ClNO3S+. The van der Waals surface area contributed by atoms with E-state index in [2.05, 4.69) is 0 Å². The van der Waals surface area contributed by atoms with Gasteiger partial charge in [-0.1, -0.05) is 23.7 Å². The summed E-state index contributed by atoms with van der Waals surface area (Å²) in [6.07, 6.45) is 0. The van der Waals surface area contributed by atoms with Crippen LogP contribution in [0, 0.1) is 0 Å². The molecule has 82 valence electrons. The van der Waals surface area contributed by atoms with Crippen molar-refractivity contribution < 1.29 is 16.9 Å². The molecule has 0 aliphatic carbocycles. The van der Waals surface area contributed by atoms with E-state index < -0.39 is 10.3 Å². The largest absolute Gasteiger partial charge is 0.433 e. The summed E-state index contributed by atoms with van der Waals surface area (Å²) in [4.78, 5) is 0. The molecule has 0 spiro atoms. The first-order valence-electron chi connectivity index (χ1n) is 4.43. The summed E-state index contributed by atoms with van der Waals surface area (Å²) in [5.41, 5.74) is 0.875. The van der Waals surface area contributed by atoms with Crippen molar-refractivity contribution in [2.75, 3.05) is 13.6 Å². The summed E-state index contributed by atoms with van der Waals surface area (Å²) in [6, 6.07) is 6.80. The first-order chi connectivity index (χ1) is 6.84. The predicted molar refractivity (Wildman–Crippen MR) is 56.8 cm³/mol. The van der Waals surface area contributed by atoms with Crippen LogP contribution < -0.4 is 0 Å². The Morgan fingerprint density at radius 1 is 1.40 bits per heavy atom. The molecule has 0 radical (unpaired) electrons. The second kappa shape index (κ2) is 3.18. The number of nitrogens with zero attached hydrogens (tertiary/aromatic N) is 1. The summed E-state index contributed by atoms with van der Waals surface area (Å²) in [6.45, 7) is 0.403. The third-order valence-corrected chi connectivity index (χ3v) is 4.55. The Balaban J connectivity index is 2.28. The SMILES string of the molecule is C[N+]1(S(=O)(=O)O)CC1c1ccc(Cl)cc1. The number of quaternary nitrogens is 1. The van der Waals surface area contributed by atoms with Gasteiger partial charge in [-0.2, -0.15) is 3.89 Å². The molecule has 2 unspecified atom stereocenters. The summed E-state index contributed by atoms with van der Waals surface area (Å²) in [7, 11) is -2.54. The van der Waals surface area contributed by atoms with Gasteiger partial charge < -0.3 is 0 Å². The fourth-order valence-corrected chi connectivity index (χ4v) is 2.56.